The molecule has 1 aromatic carbocycles. The minimum absolute atomic E-state index is 0. The number of aromatic nitrogens is 1. The molecule has 0 bridgehead atoms. The molecule has 1 aromatic heterocycles. The average Bonchev–Trinajstić information content (AvgIpc) is 2.58. The Bertz CT molecular complexity index is 652. The van der Waals surface area contributed by atoms with Gasteiger partial charge in [0.2, 0.25) is 0 Å². The van der Waals surface area contributed by atoms with E-state index >= 15 is 0 Å². The van der Waals surface area contributed by atoms with E-state index in [-0.39, 0.29) is 36.8 Å². The Labute approximate surface area is 155 Å². The Hall–Kier alpha value is -1.62. The van der Waals surface area contributed by atoms with Crippen molar-refractivity contribution in [1.29, 1.82) is 0 Å². The number of carbonyl (C=O) groups excluding carboxylic acids is 1. The number of rotatable bonds is 3. The molecule has 3 rings (SSSR count). The van der Waals surface area contributed by atoms with E-state index in [9.17, 15) is 4.79 Å². The Kier molecular flexibility index (Phi) is 8.19. The van der Waals surface area contributed by atoms with Crippen molar-refractivity contribution in [3.05, 3.63) is 54.4 Å². The third-order valence-corrected chi connectivity index (χ3v) is 4.21. The topological polar surface area (TPSA) is 54.0 Å². The van der Waals surface area contributed by atoms with Gasteiger partial charge in [-0.05, 0) is 37.1 Å². The van der Waals surface area contributed by atoms with Crippen LogP contribution in [0.5, 0.6) is 0 Å². The summed E-state index contributed by atoms with van der Waals surface area (Å²) in [5.41, 5.74) is 2.65. The summed E-state index contributed by atoms with van der Waals surface area (Å²) in [7, 11) is 0. The van der Waals surface area contributed by atoms with Crippen molar-refractivity contribution >= 4 is 30.7 Å². The minimum Gasteiger partial charge on any atom is -0.349 e. The minimum atomic E-state index is -0.0379. The highest BCUT2D eigenvalue weighted by Crippen LogP contribution is 2.19. The van der Waals surface area contributed by atoms with Gasteiger partial charge >= 0.3 is 0 Å². The number of piperidine rings is 1. The van der Waals surface area contributed by atoms with E-state index in [0.717, 1.165) is 30.6 Å². The number of nitrogens with one attached hydrogen (secondary N) is 2. The molecule has 24 heavy (non-hydrogen) atoms. The van der Waals surface area contributed by atoms with Crippen molar-refractivity contribution in [2.45, 2.75) is 19.4 Å². The highest BCUT2D eigenvalue weighted by molar-refractivity contribution is 5.95. The number of pyridine rings is 1. The average molecular weight is 368 g/mol. The fraction of sp³-hybridized carbons (Fsp3) is 0.333. The maximum atomic E-state index is 12.5. The highest BCUT2D eigenvalue weighted by Gasteiger charge is 2.23. The second-order valence-electron chi connectivity index (χ2n) is 5.88. The first-order chi connectivity index (χ1) is 10.7. The van der Waals surface area contributed by atoms with E-state index in [1.165, 1.54) is 0 Å². The van der Waals surface area contributed by atoms with Crippen LogP contribution < -0.4 is 10.6 Å². The summed E-state index contributed by atoms with van der Waals surface area (Å²) in [5.74, 6) is 0.409. The first-order valence-electron chi connectivity index (χ1n) is 7.76. The number of carbonyl (C=O) groups is 1. The molecule has 2 heterocycles. The molecule has 1 saturated heterocycles. The number of halogens is 2. The second-order valence-corrected chi connectivity index (χ2v) is 5.88. The zero-order valence-corrected chi connectivity index (χ0v) is 15.2. The third kappa shape index (κ3) is 4.94. The Balaban J connectivity index is 0.00000144. The lowest BCUT2D eigenvalue weighted by Gasteiger charge is -2.30. The van der Waals surface area contributed by atoms with Crippen LogP contribution in [0, 0.1) is 5.92 Å². The van der Waals surface area contributed by atoms with Gasteiger partial charge in [-0.15, -0.1) is 24.8 Å². The van der Waals surface area contributed by atoms with Gasteiger partial charge < -0.3 is 10.6 Å². The van der Waals surface area contributed by atoms with Crippen LogP contribution in [-0.2, 0) is 0 Å². The van der Waals surface area contributed by atoms with E-state index in [2.05, 4.69) is 22.5 Å². The van der Waals surface area contributed by atoms with Crippen LogP contribution in [0.1, 0.15) is 23.7 Å². The number of hydrogen-bond acceptors (Lipinski definition) is 3. The summed E-state index contributed by atoms with van der Waals surface area (Å²) in [6.07, 6.45) is 4.39. The molecular formula is C18H23Cl2N3O. The maximum absolute atomic E-state index is 12.5. The molecule has 1 aliphatic heterocycles. The summed E-state index contributed by atoms with van der Waals surface area (Å²) < 4.78 is 0. The smallest absolute Gasteiger partial charge is 0.253 e. The van der Waals surface area contributed by atoms with Gasteiger partial charge in [0, 0.05) is 24.0 Å². The molecule has 2 N–H and O–H groups in total. The van der Waals surface area contributed by atoms with E-state index in [4.69, 9.17) is 0 Å². The zero-order chi connectivity index (χ0) is 15.4. The Morgan fingerprint density at radius 1 is 1.17 bits per heavy atom. The first kappa shape index (κ1) is 20.4. The van der Waals surface area contributed by atoms with Crippen molar-refractivity contribution in [1.82, 2.24) is 15.6 Å². The van der Waals surface area contributed by atoms with Crippen molar-refractivity contribution < 1.29 is 4.79 Å². The molecule has 0 saturated carbocycles. The summed E-state index contributed by atoms with van der Waals surface area (Å²) in [6, 6.07) is 12.1. The van der Waals surface area contributed by atoms with Crippen molar-refractivity contribution in [3.63, 3.8) is 0 Å². The van der Waals surface area contributed by atoms with Crippen LogP contribution in [0.25, 0.3) is 11.1 Å². The van der Waals surface area contributed by atoms with Crippen molar-refractivity contribution in [2.24, 2.45) is 5.92 Å². The largest absolute Gasteiger partial charge is 0.349 e. The molecule has 6 heteroatoms. The van der Waals surface area contributed by atoms with E-state index in [0.29, 0.717) is 11.5 Å². The molecule has 1 aliphatic rings. The molecule has 2 unspecified atom stereocenters. The van der Waals surface area contributed by atoms with E-state index in [1.54, 1.807) is 12.4 Å². The van der Waals surface area contributed by atoms with E-state index in [1.807, 2.05) is 36.4 Å². The SMILES string of the molecule is CC1CNCCC1NC(=O)c1cncc(-c2ccccc2)c1.Cl.Cl. The lowest BCUT2D eigenvalue weighted by molar-refractivity contribution is 0.0914. The van der Waals surface area contributed by atoms with Gasteiger partial charge in [-0.1, -0.05) is 37.3 Å². The first-order valence-corrected chi connectivity index (χ1v) is 7.76. The van der Waals surface area contributed by atoms with Gasteiger partial charge in [-0.2, -0.15) is 0 Å². The Morgan fingerprint density at radius 3 is 2.62 bits per heavy atom. The molecular weight excluding hydrogens is 345 g/mol. The van der Waals surface area contributed by atoms with Crippen LogP contribution in [-0.4, -0.2) is 30.0 Å². The summed E-state index contributed by atoms with van der Waals surface area (Å²) in [4.78, 5) is 16.7. The third-order valence-electron chi connectivity index (χ3n) is 4.21. The lowest BCUT2D eigenvalue weighted by Crippen LogP contribution is -2.48. The predicted octanol–water partition coefficient (Wildman–Crippen LogP) is 3.32. The van der Waals surface area contributed by atoms with E-state index < -0.39 is 0 Å². The van der Waals surface area contributed by atoms with Crippen LogP contribution in [0.15, 0.2) is 48.8 Å². The molecule has 1 amide bonds. The van der Waals surface area contributed by atoms with Gasteiger partial charge in [0.05, 0.1) is 5.56 Å². The highest BCUT2D eigenvalue weighted by atomic mass is 35.5. The molecule has 130 valence electrons. The zero-order valence-electron chi connectivity index (χ0n) is 13.6. The van der Waals surface area contributed by atoms with Gasteiger partial charge in [0.1, 0.15) is 0 Å². The Morgan fingerprint density at radius 2 is 1.92 bits per heavy atom. The quantitative estimate of drug-likeness (QED) is 0.874. The second kappa shape index (κ2) is 9.62. The molecule has 2 atom stereocenters. The van der Waals surface area contributed by atoms with Gasteiger partial charge in [0.15, 0.2) is 0 Å². The molecule has 4 nitrogen and oxygen atoms in total. The molecule has 1 fully saturated rings. The monoisotopic (exact) mass is 367 g/mol. The number of benzene rings is 1. The molecule has 0 aliphatic carbocycles. The fourth-order valence-electron chi connectivity index (χ4n) is 2.83. The summed E-state index contributed by atoms with van der Waals surface area (Å²) in [6.45, 7) is 4.07. The van der Waals surface area contributed by atoms with Crippen molar-refractivity contribution in [3.8, 4) is 11.1 Å². The van der Waals surface area contributed by atoms with Crippen LogP contribution in [0.4, 0.5) is 0 Å². The number of nitrogens with zero attached hydrogens (tertiary/aromatic N) is 1. The lowest BCUT2D eigenvalue weighted by atomic mass is 9.95. The number of amides is 1. The standard InChI is InChI=1S/C18H21N3O.2ClH/c1-13-10-19-8-7-17(13)21-18(22)16-9-15(11-20-12-16)14-5-3-2-4-6-14;;/h2-6,9,11-13,17,19H,7-8,10H2,1H3,(H,21,22);2*1H. The van der Waals surface area contributed by atoms with Gasteiger partial charge in [0.25, 0.3) is 5.91 Å². The number of hydrogen-bond donors (Lipinski definition) is 2. The van der Waals surface area contributed by atoms with Crippen LogP contribution in [0.2, 0.25) is 0 Å². The van der Waals surface area contributed by atoms with Crippen LogP contribution >= 0.6 is 24.8 Å². The molecule has 2 aromatic rings. The fourth-order valence-corrected chi connectivity index (χ4v) is 2.83. The summed E-state index contributed by atoms with van der Waals surface area (Å²) >= 11 is 0. The molecule has 0 radical (unpaired) electrons. The van der Waals surface area contributed by atoms with Gasteiger partial charge in [-0.25, -0.2) is 0 Å². The molecule has 0 spiro atoms. The summed E-state index contributed by atoms with van der Waals surface area (Å²) in [5, 5.41) is 6.49. The normalized spacial score (nSPS) is 19.5. The van der Waals surface area contributed by atoms with Crippen LogP contribution in [0.3, 0.4) is 0 Å². The predicted molar refractivity (Wildman–Crippen MR) is 102 cm³/mol. The van der Waals surface area contributed by atoms with Gasteiger partial charge in [-0.3, -0.25) is 9.78 Å². The van der Waals surface area contributed by atoms with Crippen molar-refractivity contribution in [2.75, 3.05) is 13.1 Å². The maximum Gasteiger partial charge on any atom is 0.253 e.